The van der Waals surface area contributed by atoms with Gasteiger partial charge in [0.25, 0.3) is 0 Å². The number of rotatable bonds is 6. The highest BCUT2D eigenvalue weighted by atomic mass is 35.5. The topological polar surface area (TPSA) is 91.0 Å². The third-order valence-corrected chi connectivity index (χ3v) is 7.79. The number of ether oxygens (including phenoxy) is 1. The van der Waals surface area contributed by atoms with Gasteiger partial charge in [-0.15, -0.1) is 0 Å². The van der Waals surface area contributed by atoms with Crippen molar-refractivity contribution in [1.29, 1.82) is 0 Å². The van der Waals surface area contributed by atoms with Gasteiger partial charge in [0.1, 0.15) is 5.75 Å². The summed E-state index contributed by atoms with van der Waals surface area (Å²) in [5.41, 5.74) is 2.42. The first kappa shape index (κ1) is 23.5. The number of halogens is 1. The number of urea groups is 1. The molecule has 2 N–H and O–H groups in total. The Labute approximate surface area is 209 Å². The fourth-order valence-corrected chi connectivity index (χ4v) is 5.50. The van der Waals surface area contributed by atoms with E-state index in [2.05, 4.69) is 10.6 Å². The molecule has 0 unspecified atom stereocenters. The Morgan fingerprint density at radius 1 is 1.14 bits per heavy atom. The molecule has 8 nitrogen and oxygen atoms in total. The normalized spacial score (nSPS) is 20.5. The molecule has 5 rings (SSSR count). The summed E-state index contributed by atoms with van der Waals surface area (Å²) in [5, 5.41) is 6.22. The quantitative estimate of drug-likeness (QED) is 0.638. The summed E-state index contributed by atoms with van der Waals surface area (Å²) < 4.78 is 5.16. The van der Waals surface area contributed by atoms with Crippen LogP contribution in [-0.4, -0.2) is 56.0 Å². The Kier molecular flexibility index (Phi) is 6.32. The van der Waals surface area contributed by atoms with Crippen LogP contribution in [0.4, 0.5) is 16.2 Å². The molecular formula is C26H29ClN4O4. The zero-order valence-electron chi connectivity index (χ0n) is 19.7. The lowest BCUT2D eigenvalue weighted by Crippen LogP contribution is -2.41. The Bertz CT molecular complexity index is 1140. The lowest BCUT2D eigenvalue weighted by atomic mass is 9.90. The van der Waals surface area contributed by atoms with Crippen LogP contribution in [0.5, 0.6) is 5.75 Å². The third-order valence-electron chi connectivity index (χ3n) is 7.50. The van der Waals surface area contributed by atoms with Gasteiger partial charge in [-0.05, 0) is 60.6 Å². The monoisotopic (exact) mass is 496 g/mol. The van der Waals surface area contributed by atoms with Gasteiger partial charge in [0.2, 0.25) is 11.8 Å². The molecule has 2 saturated heterocycles. The van der Waals surface area contributed by atoms with Crippen molar-refractivity contribution in [1.82, 2.24) is 10.2 Å². The van der Waals surface area contributed by atoms with Crippen molar-refractivity contribution in [3.8, 4) is 5.75 Å². The molecule has 35 heavy (non-hydrogen) atoms. The summed E-state index contributed by atoms with van der Waals surface area (Å²) in [6.45, 7) is 2.64. The van der Waals surface area contributed by atoms with Crippen molar-refractivity contribution < 1.29 is 19.1 Å². The Morgan fingerprint density at radius 3 is 2.51 bits per heavy atom. The van der Waals surface area contributed by atoms with E-state index >= 15 is 0 Å². The first-order valence-electron chi connectivity index (χ1n) is 11.9. The van der Waals surface area contributed by atoms with Gasteiger partial charge in [0.05, 0.1) is 18.6 Å². The van der Waals surface area contributed by atoms with Gasteiger partial charge in [-0.3, -0.25) is 14.5 Å². The predicted molar refractivity (Wildman–Crippen MR) is 134 cm³/mol. The van der Waals surface area contributed by atoms with Crippen molar-refractivity contribution in [2.45, 2.75) is 25.7 Å². The maximum Gasteiger partial charge on any atom is 0.321 e. The molecule has 3 fully saturated rings. The minimum atomic E-state index is -0.0871. The van der Waals surface area contributed by atoms with E-state index in [0.717, 1.165) is 30.5 Å². The smallest absolute Gasteiger partial charge is 0.321 e. The van der Waals surface area contributed by atoms with Crippen LogP contribution in [0, 0.1) is 11.3 Å². The minimum absolute atomic E-state index is 0.00488. The van der Waals surface area contributed by atoms with E-state index < -0.39 is 0 Å². The van der Waals surface area contributed by atoms with Crippen LogP contribution in [0.2, 0.25) is 5.02 Å². The number of nitrogens with zero attached hydrogens (tertiary/aromatic N) is 2. The average molecular weight is 497 g/mol. The molecule has 9 heteroatoms. The lowest BCUT2D eigenvalue weighted by molar-refractivity contribution is -0.132. The Balaban J connectivity index is 1.11. The van der Waals surface area contributed by atoms with Gasteiger partial charge in [-0.2, -0.15) is 0 Å². The summed E-state index contributed by atoms with van der Waals surface area (Å²) >= 11 is 6.17. The van der Waals surface area contributed by atoms with Crippen LogP contribution in [0.25, 0.3) is 0 Å². The zero-order valence-corrected chi connectivity index (χ0v) is 20.4. The van der Waals surface area contributed by atoms with Gasteiger partial charge >= 0.3 is 6.03 Å². The predicted octanol–water partition coefficient (Wildman–Crippen LogP) is 3.69. The summed E-state index contributed by atoms with van der Waals surface area (Å²) in [5.74, 6) is 0.648. The fourth-order valence-electron chi connectivity index (χ4n) is 5.24. The SMILES string of the molecule is COc1ccc(NC(=O)[C@@H]2CC23CCN(C(=O)Cc2ccc(N4CCNC4=O)cc2)CC3)cc1Cl. The molecular weight excluding hydrogens is 468 g/mol. The molecule has 2 aromatic rings. The Hall–Kier alpha value is -3.26. The highest BCUT2D eigenvalue weighted by molar-refractivity contribution is 6.32. The fraction of sp³-hybridized carbons (Fsp3) is 0.423. The molecule has 1 saturated carbocycles. The molecule has 1 atom stereocenters. The molecule has 1 aliphatic carbocycles. The van der Waals surface area contributed by atoms with Crippen LogP contribution in [0.3, 0.4) is 0 Å². The average Bonchev–Trinajstić information content (AvgIpc) is 3.38. The molecule has 0 bridgehead atoms. The van der Waals surface area contributed by atoms with Crippen molar-refractivity contribution in [3.63, 3.8) is 0 Å². The molecule has 3 aliphatic rings. The third kappa shape index (κ3) is 4.80. The van der Waals surface area contributed by atoms with Gasteiger partial charge in [0, 0.05) is 43.5 Å². The van der Waals surface area contributed by atoms with Gasteiger partial charge in [-0.1, -0.05) is 23.7 Å². The molecule has 1 spiro atoms. The van der Waals surface area contributed by atoms with E-state index in [1.54, 1.807) is 30.2 Å². The summed E-state index contributed by atoms with van der Waals surface area (Å²) in [6.07, 6.45) is 2.87. The van der Waals surface area contributed by atoms with E-state index in [9.17, 15) is 14.4 Å². The van der Waals surface area contributed by atoms with Crippen molar-refractivity contribution in [2.24, 2.45) is 11.3 Å². The number of methoxy groups -OCH3 is 1. The maximum atomic E-state index is 12.9. The number of hydrogen-bond acceptors (Lipinski definition) is 4. The standard InChI is InChI=1S/C26H29ClN4O4/c1-35-22-7-4-18(15-21(22)27)29-24(33)20-16-26(20)8-11-30(12-9-26)23(32)14-17-2-5-19(6-3-17)31-13-10-28-25(31)34/h2-7,15,20H,8-14,16H2,1H3,(H,28,34)(H,29,33)/t20-/m0/s1. The summed E-state index contributed by atoms with van der Waals surface area (Å²) in [4.78, 5) is 41.1. The lowest BCUT2D eigenvalue weighted by Gasteiger charge is -2.33. The van der Waals surface area contributed by atoms with Crippen LogP contribution >= 0.6 is 11.6 Å². The summed E-state index contributed by atoms with van der Waals surface area (Å²) in [7, 11) is 1.55. The van der Waals surface area contributed by atoms with Crippen molar-refractivity contribution in [3.05, 3.63) is 53.1 Å². The number of carbonyl (C=O) groups is 3. The number of likely N-dealkylation sites (tertiary alicyclic amines) is 1. The molecule has 0 aromatic heterocycles. The summed E-state index contributed by atoms with van der Waals surface area (Å²) in [6, 6.07) is 12.7. The molecule has 2 heterocycles. The maximum absolute atomic E-state index is 12.9. The minimum Gasteiger partial charge on any atom is -0.495 e. The van der Waals surface area contributed by atoms with Gasteiger partial charge in [-0.25, -0.2) is 4.79 Å². The second-order valence-electron chi connectivity index (χ2n) is 9.57. The van der Waals surface area contributed by atoms with E-state index in [1.165, 1.54) is 0 Å². The second-order valence-corrected chi connectivity index (χ2v) is 9.97. The number of carbonyl (C=O) groups excluding carboxylic acids is 3. The van der Waals surface area contributed by atoms with Crippen molar-refractivity contribution in [2.75, 3.05) is 43.5 Å². The van der Waals surface area contributed by atoms with Crippen LogP contribution in [0.15, 0.2) is 42.5 Å². The van der Waals surface area contributed by atoms with E-state index in [0.29, 0.717) is 49.1 Å². The molecule has 2 aromatic carbocycles. The van der Waals surface area contributed by atoms with Crippen LogP contribution < -0.4 is 20.3 Å². The number of benzene rings is 2. The highest BCUT2D eigenvalue weighted by Crippen LogP contribution is 2.59. The number of anilines is 2. The van der Waals surface area contributed by atoms with E-state index in [1.807, 2.05) is 29.2 Å². The van der Waals surface area contributed by atoms with Crippen LogP contribution in [-0.2, 0) is 16.0 Å². The zero-order chi connectivity index (χ0) is 24.6. The number of amides is 4. The first-order valence-corrected chi connectivity index (χ1v) is 12.3. The van der Waals surface area contributed by atoms with E-state index in [4.69, 9.17) is 16.3 Å². The van der Waals surface area contributed by atoms with Crippen LogP contribution in [0.1, 0.15) is 24.8 Å². The molecule has 0 radical (unpaired) electrons. The molecule has 4 amide bonds. The van der Waals surface area contributed by atoms with Crippen molar-refractivity contribution >= 4 is 40.8 Å². The molecule has 184 valence electrons. The Morgan fingerprint density at radius 2 is 1.89 bits per heavy atom. The number of nitrogens with one attached hydrogen (secondary N) is 2. The van der Waals surface area contributed by atoms with E-state index in [-0.39, 0.29) is 29.2 Å². The van der Waals surface area contributed by atoms with Gasteiger partial charge < -0.3 is 20.3 Å². The van der Waals surface area contributed by atoms with Gasteiger partial charge in [0.15, 0.2) is 0 Å². The first-order chi connectivity index (χ1) is 16.9. The highest BCUT2D eigenvalue weighted by Gasteiger charge is 2.58. The second kappa shape index (κ2) is 9.41. The number of piperidine rings is 1. The largest absolute Gasteiger partial charge is 0.495 e. The molecule has 2 aliphatic heterocycles. The number of hydrogen-bond donors (Lipinski definition) is 2.